The van der Waals surface area contributed by atoms with Gasteiger partial charge in [-0.05, 0) is 50.3 Å². The van der Waals surface area contributed by atoms with Gasteiger partial charge >= 0.3 is 0 Å². The van der Waals surface area contributed by atoms with Crippen molar-refractivity contribution in [3.8, 4) is 5.69 Å². The fourth-order valence-corrected chi connectivity index (χ4v) is 4.35. The van der Waals surface area contributed by atoms with Crippen LogP contribution in [-0.4, -0.2) is 60.5 Å². The molecule has 29 heavy (non-hydrogen) atoms. The van der Waals surface area contributed by atoms with Crippen molar-refractivity contribution in [1.82, 2.24) is 20.0 Å². The number of hydrogen-bond acceptors (Lipinski definition) is 3. The van der Waals surface area contributed by atoms with Crippen molar-refractivity contribution < 1.29 is 4.74 Å². The van der Waals surface area contributed by atoms with Crippen molar-refractivity contribution in [1.29, 1.82) is 0 Å². The molecule has 7 heteroatoms. The summed E-state index contributed by atoms with van der Waals surface area (Å²) in [6.07, 6.45) is 6.63. The number of para-hydroxylation sites is 1. The maximum atomic E-state index is 5.64. The number of halogens is 1. The van der Waals surface area contributed by atoms with Gasteiger partial charge in [0.1, 0.15) is 0 Å². The van der Waals surface area contributed by atoms with Gasteiger partial charge < -0.3 is 15.0 Å². The molecule has 0 radical (unpaired) electrons. The topological polar surface area (TPSA) is 54.7 Å². The number of nitrogens with zero attached hydrogens (tertiary/aromatic N) is 4. The molecule has 0 aliphatic carbocycles. The fourth-order valence-electron chi connectivity index (χ4n) is 4.35. The highest BCUT2D eigenvalue weighted by molar-refractivity contribution is 14.0. The Bertz CT molecular complexity index is 814. The van der Waals surface area contributed by atoms with Gasteiger partial charge in [-0.2, -0.15) is 5.10 Å². The lowest BCUT2D eigenvalue weighted by atomic mass is 9.87. The van der Waals surface area contributed by atoms with Crippen molar-refractivity contribution in [3.05, 3.63) is 47.8 Å². The summed E-state index contributed by atoms with van der Waals surface area (Å²) in [5, 5.41) is 8.22. The van der Waals surface area contributed by atoms with Crippen molar-refractivity contribution in [2.45, 2.75) is 32.6 Å². The molecule has 0 amide bonds. The van der Waals surface area contributed by atoms with Gasteiger partial charge in [0.15, 0.2) is 5.96 Å². The van der Waals surface area contributed by atoms with E-state index >= 15 is 0 Å². The lowest BCUT2D eigenvalue weighted by molar-refractivity contribution is 0.156. The molecule has 2 saturated heterocycles. The third-order valence-electron chi connectivity index (χ3n) is 6.06. The van der Waals surface area contributed by atoms with Crippen molar-refractivity contribution in [2.24, 2.45) is 10.4 Å². The van der Waals surface area contributed by atoms with Gasteiger partial charge in [0.05, 0.1) is 18.0 Å². The van der Waals surface area contributed by atoms with E-state index in [1.165, 1.54) is 18.4 Å². The molecule has 2 fully saturated rings. The van der Waals surface area contributed by atoms with Crippen LogP contribution in [0, 0.1) is 12.3 Å². The molecule has 158 valence electrons. The zero-order valence-corrected chi connectivity index (χ0v) is 19.8. The predicted molar refractivity (Wildman–Crippen MR) is 127 cm³/mol. The Morgan fingerprint density at radius 2 is 2.10 bits per heavy atom. The van der Waals surface area contributed by atoms with E-state index in [1.807, 2.05) is 29.9 Å². The van der Waals surface area contributed by atoms with Crippen LogP contribution in [0.3, 0.4) is 0 Å². The number of hydrogen-bond donors (Lipinski definition) is 1. The number of rotatable bonds is 5. The molecule has 1 unspecified atom stereocenters. The quantitative estimate of drug-likeness (QED) is 0.291. The number of aryl methyl sites for hydroxylation is 2. The smallest absolute Gasteiger partial charge is 0.193 e. The van der Waals surface area contributed by atoms with Gasteiger partial charge in [-0.1, -0.05) is 18.2 Å². The second-order valence-electron chi connectivity index (χ2n) is 8.07. The Morgan fingerprint density at radius 1 is 1.28 bits per heavy atom. The minimum absolute atomic E-state index is 0. The summed E-state index contributed by atoms with van der Waals surface area (Å²) in [5.41, 5.74) is 3.88. The molecule has 2 aliphatic rings. The number of likely N-dealkylation sites (tertiary alicyclic amines) is 1. The number of aromatic nitrogens is 2. The van der Waals surface area contributed by atoms with Crippen LogP contribution in [-0.2, 0) is 11.2 Å². The maximum absolute atomic E-state index is 5.64. The molecule has 1 aromatic carbocycles. The van der Waals surface area contributed by atoms with E-state index in [1.54, 1.807) is 0 Å². The largest absolute Gasteiger partial charge is 0.381 e. The van der Waals surface area contributed by atoms with E-state index in [0.29, 0.717) is 5.41 Å². The van der Waals surface area contributed by atoms with E-state index < -0.39 is 0 Å². The first-order valence-electron chi connectivity index (χ1n) is 10.3. The Balaban J connectivity index is 0.00000240. The molecular weight excluding hydrogens is 477 g/mol. The Kier molecular flexibility index (Phi) is 7.56. The van der Waals surface area contributed by atoms with Crippen molar-refractivity contribution in [3.63, 3.8) is 0 Å². The predicted octanol–water partition coefficient (Wildman–Crippen LogP) is 3.42. The number of benzene rings is 1. The minimum Gasteiger partial charge on any atom is -0.381 e. The average Bonchev–Trinajstić information content (AvgIpc) is 3.45. The zero-order chi connectivity index (χ0) is 19.4. The lowest BCUT2D eigenvalue weighted by Gasteiger charge is -2.24. The van der Waals surface area contributed by atoms with Crippen molar-refractivity contribution >= 4 is 29.9 Å². The van der Waals surface area contributed by atoms with E-state index in [2.05, 4.69) is 45.6 Å². The van der Waals surface area contributed by atoms with Crippen molar-refractivity contribution in [2.75, 3.05) is 39.9 Å². The first kappa shape index (κ1) is 22.1. The van der Waals surface area contributed by atoms with Crippen LogP contribution in [0.2, 0.25) is 0 Å². The summed E-state index contributed by atoms with van der Waals surface area (Å²) >= 11 is 0. The second-order valence-corrected chi connectivity index (χ2v) is 8.07. The Hall–Kier alpha value is -1.61. The molecule has 1 spiro atoms. The molecule has 2 aromatic rings. The van der Waals surface area contributed by atoms with Gasteiger partial charge in [-0.25, -0.2) is 4.68 Å². The molecular formula is C22H32IN5O. The second kappa shape index (κ2) is 9.93. The molecule has 4 rings (SSSR count). The molecule has 1 aromatic heterocycles. The third kappa shape index (κ3) is 5.12. The first-order chi connectivity index (χ1) is 13.7. The average molecular weight is 509 g/mol. The summed E-state index contributed by atoms with van der Waals surface area (Å²) in [6, 6.07) is 10.3. The van der Waals surface area contributed by atoms with Gasteiger partial charge in [0.25, 0.3) is 0 Å². The summed E-state index contributed by atoms with van der Waals surface area (Å²) in [5.74, 6) is 1.03. The molecule has 3 heterocycles. The summed E-state index contributed by atoms with van der Waals surface area (Å²) in [4.78, 5) is 6.90. The normalized spacial score (nSPS) is 21.6. The van der Waals surface area contributed by atoms with Crippen LogP contribution in [0.4, 0.5) is 0 Å². The fraction of sp³-hybridized carbons (Fsp3) is 0.545. The summed E-state index contributed by atoms with van der Waals surface area (Å²) in [7, 11) is 1.88. The molecule has 0 saturated carbocycles. The summed E-state index contributed by atoms with van der Waals surface area (Å²) < 4.78 is 7.62. The monoisotopic (exact) mass is 509 g/mol. The highest BCUT2D eigenvalue weighted by Crippen LogP contribution is 2.38. The zero-order valence-electron chi connectivity index (χ0n) is 17.4. The van der Waals surface area contributed by atoms with Crippen LogP contribution in [0.1, 0.15) is 30.5 Å². The van der Waals surface area contributed by atoms with E-state index in [9.17, 15) is 0 Å². The molecule has 0 bridgehead atoms. The Labute approximate surface area is 190 Å². The minimum atomic E-state index is 0. The number of aliphatic imine (C=N–C) groups is 1. The highest BCUT2D eigenvalue weighted by Gasteiger charge is 2.42. The van der Waals surface area contributed by atoms with E-state index in [-0.39, 0.29) is 24.0 Å². The van der Waals surface area contributed by atoms with E-state index in [4.69, 9.17) is 4.74 Å². The molecule has 1 N–H and O–H groups in total. The molecule has 6 nitrogen and oxygen atoms in total. The molecule has 1 atom stereocenters. The van der Waals surface area contributed by atoms with Crippen LogP contribution in [0.15, 0.2) is 41.5 Å². The standard InChI is InChI=1S/C22H31N5O.HI/c1-18-19(15-27(25-18)20-8-4-3-5-9-20)7-6-12-24-21(23-2)26-13-10-22(16-26)11-14-28-17-22;/h3-5,8-9,15H,6-7,10-14,16-17H2,1-2H3,(H,23,24);1H. The summed E-state index contributed by atoms with van der Waals surface area (Å²) in [6.45, 7) is 6.97. The highest BCUT2D eigenvalue weighted by atomic mass is 127. The maximum Gasteiger partial charge on any atom is 0.193 e. The van der Waals surface area contributed by atoms with Crippen LogP contribution in [0.5, 0.6) is 0 Å². The van der Waals surface area contributed by atoms with Gasteiger partial charge in [-0.15, -0.1) is 24.0 Å². The first-order valence-corrected chi connectivity index (χ1v) is 10.3. The lowest BCUT2D eigenvalue weighted by Crippen LogP contribution is -2.41. The van der Waals surface area contributed by atoms with Crippen LogP contribution in [0.25, 0.3) is 5.69 Å². The number of ether oxygens (including phenoxy) is 1. The third-order valence-corrected chi connectivity index (χ3v) is 6.06. The number of nitrogens with one attached hydrogen (secondary N) is 1. The van der Waals surface area contributed by atoms with Gasteiger partial charge in [0, 0.05) is 44.9 Å². The van der Waals surface area contributed by atoms with Crippen LogP contribution < -0.4 is 5.32 Å². The van der Waals surface area contributed by atoms with Crippen LogP contribution >= 0.6 is 24.0 Å². The van der Waals surface area contributed by atoms with Gasteiger partial charge in [-0.3, -0.25) is 4.99 Å². The van der Waals surface area contributed by atoms with E-state index in [0.717, 1.165) is 63.0 Å². The Morgan fingerprint density at radius 3 is 2.83 bits per heavy atom. The SMILES string of the molecule is CN=C(NCCCc1cn(-c2ccccc2)nc1C)N1CCC2(CCOC2)C1.I. The molecule has 2 aliphatic heterocycles. The van der Waals surface area contributed by atoms with Gasteiger partial charge in [0.2, 0.25) is 0 Å². The number of guanidine groups is 1.